The maximum absolute atomic E-state index is 5.53. The molecule has 1 saturated heterocycles. The molecule has 1 saturated carbocycles. The van der Waals surface area contributed by atoms with E-state index in [1.165, 1.54) is 30.6 Å². The maximum atomic E-state index is 5.53. The molecule has 128 valence electrons. The van der Waals surface area contributed by atoms with Crippen LogP contribution >= 0.6 is 0 Å². The number of hydrogen-bond donors (Lipinski definition) is 0. The Hall–Kier alpha value is -0.910. The largest absolute Gasteiger partial charge is 0.384 e. The number of methoxy groups -OCH3 is 1. The van der Waals surface area contributed by atoms with Gasteiger partial charge in [-0.15, -0.1) is 0 Å². The van der Waals surface area contributed by atoms with E-state index in [-0.39, 0.29) is 0 Å². The summed E-state index contributed by atoms with van der Waals surface area (Å²) in [6.07, 6.45) is 7.27. The minimum absolute atomic E-state index is 0.463. The van der Waals surface area contributed by atoms with Gasteiger partial charge in [0.15, 0.2) is 0 Å². The summed E-state index contributed by atoms with van der Waals surface area (Å²) in [7, 11) is 1.82. The zero-order chi connectivity index (χ0) is 15.6. The third-order valence-corrected chi connectivity index (χ3v) is 5.57. The van der Waals surface area contributed by atoms with Crippen LogP contribution in [0.5, 0.6) is 0 Å². The first kappa shape index (κ1) is 15.6. The van der Waals surface area contributed by atoms with Crippen LogP contribution in [0, 0.1) is 11.8 Å². The molecule has 3 heterocycles. The molecule has 1 atom stereocenters. The van der Waals surface area contributed by atoms with E-state index in [0.717, 1.165) is 58.2 Å². The number of hydrogen-bond acceptors (Lipinski definition) is 4. The number of fused-ring (bicyclic) bond motifs is 1. The van der Waals surface area contributed by atoms with Gasteiger partial charge in [-0.25, -0.2) is 0 Å². The van der Waals surface area contributed by atoms with Gasteiger partial charge in [0.2, 0.25) is 0 Å². The number of nitrogens with zero attached hydrogens (tertiary/aromatic N) is 3. The second-order valence-corrected chi connectivity index (χ2v) is 7.58. The van der Waals surface area contributed by atoms with Crippen LogP contribution in [0.15, 0.2) is 6.20 Å². The first-order chi connectivity index (χ1) is 11.3. The zero-order valence-corrected chi connectivity index (χ0v) is 14.2. The molecule has 0 bridgehead atoms. The Balaban J connectivity index is 1.50. The molecule has 2 aliphatic heterocycles. The molecular weight excluding hydrogens is 290 g/mol. The molecule has 0 N–H and O–H groups in total. The maximum Gasteiger partial charge on any atom is 0.0558 e. The van der Waals surface area contributed by atoms with Crippen molar-refractivity contribution in [3.05, 3.63) is 17.5 Å². The normalized spacial score (nSPS) is 26.4. The van der Waals surface area contributed by atoms with Gasteiger partial charge in [0, 0.05) is 63.7 Å². The van der Waals surface area contributed by atoms with E-state index in [1.54, 1.807) is 0 Å². The molecule has 2 fully saturated rings. The smallest absolute Gasteiger partial charge is 0.0558 e. The van der Waals surface area contributed by atoms with Gasteiger partial charge in [0.25, 0.3) is 0 Å². The quantitative estimate of drug-likeness (QED) is 0.806. The molecule has 5 heteroatoms. The third kappa shape index (κ3) is 3.62. The van der Waals surface area contributed by atoms with Gasteiger partial charge in [0.1, 0.15) is 0 Å². The molecule has 0 unspecified atom stereocenters. The van der Waals surface area contributed by atoms with E-state index in [0.29, 0.717) is 11.8 Å². The Morgan fingerprint density at radius 1 is 1.17 bits per heavy atom. The molecule has 1 aromatic heterocycles. The average molecular weight is 319 g/mol. The summed E-state index contributed by atoms with van der Waals surface area (Å²) in [5.41, 5.74) is 2.86. The van der Waals surface area contributed by atoms with Gasteiger partial charge in [-0.1, -0.05) is 0 Å². The highest BCUT2D eigenvalue weighted by Gasteiger charge is 2.33. The van der Waals surface area contributed by atoms with Gasteiger partial charge in [-0.2, -0.15) is 5.10 Å². The monoisotopic (exact) mass is 319 g/mol. The fraction of sp³-hybridized carbons (Fsp3) is 0.833. The second-order valence-electron chi connectivity index (χ2n) is 7.58. The van der Waals surface area contributed by atoms with Crippen molar-refractivity contribution in [2.24, 2.45) is 11.8 Å². The summed E-state index contributed by atoms with van der Waals surface area (Å²) in [5.74, 6) is 2.11. The summed E-state index contributed by atoms with van der Waals surface area (Å²) in [5, 5.41) is 4.75. The van der Waals surface area contributed by atoms with Crippen molar-refractivity contribution in [3.8, 4) is 0 Å². The molecule has 0 spiro atoms. The lowest BCUT2D eigenvalue weighted by atomic mass is 9.95. The summed E-state index contributed by atoms with van der Waals surface area (Å²) >= 11 is 0. The van der Waals surface area contributed by atoms with Crippen LogP contribution in [0.25, 0.3) is 0 Å². The van der Waals surface area contributed by atoms with Crippen molar-refractivity contribution in [3.63, 3.8) is 0 Å². The zero-order valence-electron chi connectivity index (χ0n) is 14.2. The molecule has 23 heavy (non-hydrogen) atoms. The van der Waals surface area contributed by atoms with Crippen LogP contribution in [-0.2, 0) is 22.6 Å². The standard InChI is InChI=1S/C18H29N3O2/c1-22-13-17-12-20(9-14-2-3-14)11-16-8-19-21(18(16)17)10-15-4-6-23-7-5-15/h8,14-15,17H,2-7,9-13H2,1H3/t17-/m1/s1. The first-order valence-electron chi connectivity index (χ1n) is 9.17. The second kappa shape index (κ2) is 6.91. The molecule has 1 aliphatic carbocycles. The molecule has 0 aromatic carbocycles. The lowest BCUT2D eigenvalue weighted by Gasteiger charge is -2.34. The fourth-order valence-electron chi connectivity index (χ4n) is 4.19. The highest BCUT2D eigenvalue weighted by Crippen LogP contribution is 2.34. The number of aromatic nitrogens is 2. The Bertz CT molecular complexity index is 520. The predicted molar refractivity (Wildman–Crippen MR) is 88.4 cm³/mol. The van der Waals surface area contributed by atoms with E-state index >= 15 is 0 Å². The van der Waals surface area contributed by atoms with Crippen molar-refractivity contribution >= 4 is 0 Å². The predicted octanol–water partition coefficient (Wildman–Crippen LogP) is 2.27. The molecule has 1 aromatic rings. The van der Waals surface area contributed by atoms with Crippen molar-refractivity contribution in [2.75, 3.05) is 40.0 Å². The SMILES string of the molecule is COC[C@H]1CN(CC2CC2)Cc2cnn(CC3CCOCC3)c21. The number of ether oxygens (including phenoxy) is 2. The lowest BCUT2D eigenvalue weighted by Crippen LogP contribution is -2.37. The van der Waals surface area contributed by atoms with Crippen LogP contribution in [0.3, 0.4) is 0 Å². The third-order valence-electron chi connectivity index (χ3n) is 5.57. The summed E-state index contributed by atoms with van der Waals surface area (Å²) in [6.45, 7) is 7.10. The van der Waals surface area contributed by atoms with Gasteiger partial charge >= 0.3 is 0 Å². The van der Waals surface area contributed by atoms with Crippen molar-refractivity contribution < 1.29 is 9.47 Å². The van der Waals surface area contributed by atoms with Gasteiger partial charge in [0.05, 0.1) is 12.8 Å². The topological polar surface area (TPSA) is 39.5 Å². The Morgan fingerprint density at radius 2 is 1.96 bits per heavy atom. The Kier molecular flexibility index (Phi) is 4.69. The molecular formula is C18H29N3O2. The van der Waals surface area contributed by atoms with Gasteiger partial charge in [-0.05, 0) is 37.5 Å². The van der Waals surface area contributed by atoms with Crippen molar-refractivity contribution in [1.82, 2.24) is 14.7 Å². The van der Waals surface area contributed by atoms with E-state index < -0.39 is 0 Å². The van der Waals surface area contributed by atoms with Crippen LogP contribution in [0.4, 0.5) is 0 Å². The van der Waals surface area contributed by atoms with Crippen LogP contribution < -0.4 is 0 Å². The van der Waals surface area contributed by atoms with Crippen molar-refractivity contribution in [2.45, 2.75) is 44.7 Å². The van der Waals surface area contributed by atoms with Crippen LogP contribution in [0.2, 0.25) is 0 Å². The molecule has 0 amide bonds. The Labute approximate surface area is 138 Å². The summed E-state index contributed by atoms with van der Waals surface area (Å²) in [6, 6.07) is 0. The number of rotatable bonds is 6. The fourth-order valence-corrected chi connectivity index (χ4v) is 4.19. The molecule has 5 nitrogen and oxygen atoms in total. The summed E-state index contributed by atoms with van der Waals surface area (Å²) < 4.78 is 13.3. The van der Waals surface area contributed by atoms with E-state index in [9.17, 15) is 0 Å². The lowest BCUT2D eigenvalue weighted by molar-refractivity contribution is 0.0590. The highest BCUT2D eigenvalue weighted by molar-refractivity contribution is 5.25. The van der Waals surface area contributed by atoms with E-state index in [2.05, 4.69) is 15.8 Å². The molecule has 3 aliphatic rings. The minimum Gasteiger partial charge on any atom is -0.384 e. The average Bonchev–Trinajstić information content (AvgIpc) is 3.28. The van der Waals surface area contributed by atoms with Crippen LogP contribution in [0.1, 0.15) is 42.9 Å². The van der Waals surface area contributed by atoms with Crippen molar-refractivity contribution in [1.29, 1.82) is 0 Å². The molecule has 0 radical (unpaired) electrons. The molecule has 4 rings (SSSR count). The Morgan fingerprint density at radius 3 is 2.70 bits per heavy atom. The van der Waals surface area contributed by atoms with E-state index in [1.807, 2.05) is 7.11 Å². The van der Waals surface area contributed by atoms with Gasteiger partial charge < -0.3 is 9.47 Å². The minimum atomic E-state index is 0.463. The first-order valence-corrected chi connectivity index (χ1v) is 9.17. The summed E-state index contributed by atoms with van der Waals surface area (Å²) in [4.78, 5) is 2.62. The van der Waals surface area contributed by atoms with Crippen LogP contribution in [-0.4, -0.2) is 54.7 Å². The van der Waals surface area contributed by atoms with Gasteiger partial charge in [-0.3, -0.25) is 9.58 Å². The highest BCUT2D eigenvalue weighted by atomic mass is 16.5. The van der Waals surface area contributed by atoms with E-state index in [4.69, 9.17) is 14.6 Å².